The maximum absolute atomic E-state index is 11.6. The second-order valence-corrected chi connectivity index (χ2v) is 4.38. The van der Waals surface area contributed by atoms with E-state index in [-0.39, 0.29) is 18.0 Å². The summed E-state index contributed by atoms with van der Waals surface area (Å²) in [5, 5.41) is 8.11. The summed E-state index contributed by atoms with van der Waals surface area (Å²) >= 11 is 0. The van der Waals surface area contributed by atoms with Gasteiger partial charge in [0.2, 0.25) is 0 Å². The van der Waals surface area contributed by atoms with E-state index in [1.807, 2.05) is 0 Å². The van der Waals surface area contributed by atoms with Crippen LogP contribution in [0.2, 0.25) is 0 Å². The molecule has 0 fully saturated rings. The molecule has 0 aromatic rings. The maximum atomic E-state index is 11.6. The Hall–Kier alpha value is -1.37. The molecule has 1 aliphatic heterocycles. The summed E-state index contributed by atoms with van der Waals surface area (Å²) < 4.78 is 0. The van der Waals surface area contributed by atoms with Crippen LogP contribution in [0.5, 0.6) is 0 Å². The predicted molar refractivity (Wildman–Crippen MR) is 67.7 cm³/mol. The zero-order valence-electron chi connectivity index (χ0n) is 10.7. The molecule has 2 atom stereocenters. The van der Waals surface area contributed by atoms with Gasteiger partial charge >= 0.3 is 0 Å². The Morgan fingerprint density at radius 2 is 2.00 bits per heavy atom. The number of carbonyl (C=O) groups is 1. The number of hydrogen-bond acceptors (Lipinski definition) is 3. The molecule has 0 aromatic carbocycles. The molecule has 0 spiro atoms. The summed E-state index contributed by atoms with van der Waals surface area (Å²) in [5.74, 6) is 1.97. The molecule has 4 heteroatoms. The lowest BCUT2D eigenvalue weighted by molar-refractivity contribution is -0.125. The van der Waals surface area contributed by atoms with Crippen molar-refractivity contribution in [2.75, 3.05) is 13.1 Å². The van der Waals surface area contributed by atoms with Gasteiger partial charge in [-0.2, -0.15) is 10.2 Å². The third kappa shape index (κ3) is 3.85. The molecule has 1 heterocycles. The molecule has 1 aliphatic rings. The van der Waals surface area contributed by atoms with Gasteiger partial charge in [0, 0.05) is 13.1 Å². The molecule has 0 radical (unpaired) electrons. The molecule has 4 nitrogen and oxygen atoms in total. The van der Waals surface area contributed by atoms with Gasteiger partial charge in [-0.15, -0.1) is 6.42 Å². The van der Waals surface area contributed by atoms with Gasteiger partial charge in [-0.05, 0) is 18.8 Å². The third-order valence-electron chi connectivity index (χ3n) is 3.08. The number of terminal acetylenes is 1. The van der Waals surface area contributed by atoms with E-state index in [9.17, 15) is 4.79 Å². The fourth-order valence-corrected chi connectivity index (χ4v) is 1.91. The molecule has 0 aliphatic carbocycles. The van der Waals surface area contributed by atoms with Crippen molar-refractivity contribution in [3.63, 3.8) is 0 Å². The van der Waals surface area contributed by atoms with Crippen LogP contribution < -0.4 is 0 Å². The number of azo groups is 1. The van der Waals surface area contributed by atoms with Crippen molar-refractivity contribution >= 4 is 5.91 Å². The zero-order valence-corrected chi connectivity index (χ0v) is 10.7. The van der Waals surface area contributed by atoms with Gasteiger partial charge in [0.25, 0.3) is 5.91 Å². The fourth-order valence-electron chi connectivity index (χ4n) is 1.91. The molecule has 0 saturated carbocycles. The zero-order chi connectivity index (χ0) is 12.7. The molecular weight excluding hydrogens is 214 g/mol. The van der Waals surface area contributed by atoms with E-state index in [1.54, 1.807) is 4.90 Å². The van der Waals surface area contributed by atoms with Crippen LogP contribution in [0.15, 0.2) is 10.2 Å². The van der Waals surface area contributed by atoms with E-state index < -0.39 is 0 Å². The van der Waals surface area contributed by atoms with Crippen LogP contribution in [0.4, 0.5) is 0 Å². The van der Waals surface area contributed by atoms with Crippen LogP contribution in [-0.2, 0) is 4.79 Å². The minimum atomic E-state index is -0.224. The van der Waals surface area contributed by atoms with Crippen molar-refractivity contribution < 1.29 is 4.79 Å². The summed E-state index contributed by atoms with van der Waals surface area (Å²) in [6.45, 7) is 5.58. The Labute approximate surface area is 103 Å². The molecule has 1 amide bonds. The van der Waals surface area contributed by atoms with Gasteiger partial charge < -0.3 is 4.90 Å². The van der Waals surface area contributed by atoms with Gasteiger partial charge in [0.05, 0.1) is 6.04 Å². The highest BCUT2D eigenvalue weighted by molar-refractivity contribution is 5.92. The Bertz CT molecular complexity index is 319. The van der Waals surface area contributed by atoms with Crippen LogP contribution in [0.3, 0.4) is 0 Å². The number of hydrogen-bond donors (Lipinski definition) is 0. The van der Waals surface area contributed by atoms with E-state index in [0.717, 1.165) is 32.2 Å². The number of nitrogens with zero attached hydrogens (tertiary/aromatic N) is 3. The topological polar surface area (TPSA) is 45.0 Å². The smallest absolute Gasteiger partial charge is 0.298 e. The molecule has 0 saturated heterocycles. The van der Waals surface area contributed by atoms with Gasteiger partial charge in [0.15, 0.2) is 0 Å². The van der Waals surface area contributed by atoms with Crippen LogP contribution >= 0.6 is 0 Å². The largest absolute Gasteiger partial charge is 0.330 e. The summed E-state index contributed by atoms with van der Waals surface area (Å²) in [4.78, 5) is 13.3. The van der Waals surface area contributed by atoms with Gasteiger partial charge in [-0.25, -0.2) is 0 Å². The molecule has 94 valence electrons. The average Bonchev–Trinajstić information content (AvgIpc) is 2.31. The first-order chi connectivity index (χ1) is 8.22. The highest BCUT2D eigenvalue weighted by Gasteiger charge is 2.29. The highest BCUT2D eigenvalue weighted by Crippen LogP contribution is 2.20. The van der Waals surface area contributed by atoms with Crippen LogP contribution in [-0.4, -0.2) is 36.0 Å². The summed E-state index contributed by atoms with van der Waals surface area (Å²) in [6, 6.07) is 0.424. The molecule has 2 unspecified atom stereocenters. The summed E-state index contributed by atoms with van der Waals surface area (Å²) in [7, 11) is 0. The van der Waals surface area contributed by atoms with Crippen molar-refractivity contribution in [3.8, 4) is 12.3 Å². The molecular formula is C13H21N3O. The Morgan fingerprint density at radius 1 is 1.29 bits per heavy atom. The quantitative estimate of drug-likeness (QED) is 0.493. The first-order valence-electron chi connectivity index (χ1n) is 6.38. The predicted octanol–water partition coefficient (Wildman–Crippen LogP) is 2.25. The number of unbranched alkanes of at least 4 members (excludes halogenated alkanes) is 2. The normalized spacial score (nSPS) is 21.7. The monoisotopic (exact) mass is 235 g/mol. The minimum Gasteiger partial charge on any atom is -0.330 e. The number of amides is 1. The van der Waals surface area contributed by atoms with Gasteiger partial charge in [-0.1, -0.05) is 26.7 Å². The van der Waals surface area contributed by atoms with Crippen molar-refractivity contribution in [2.45, 2.75) is 51.6 Å². The highest BCUT2D eigenvalue weighted by atomic mass is 16.2. The van der Waals surface area contributed by atoms with E-state index in [4.69, 9.17) is 6.42 Å². The molecule has 0 aromatic heterocycles. The number of rotatable bonds is 7. The first kappa shape index (κ1) is 13.7. The van der Waals surface area contributed by atoms with E-state index in [2.05, 4.69) is 30.0 Å². The summed E-state index contributed by atoms with van der Waals surface area (Å²) in [5.41, 5.74) is 0. The lowest BCUT2D eigenvalue weighted by atomic mass is 10.0. The molecule has 0 N–H and O–H groups in total. The lowest BCUT2D eigenvalue weighted by Crippen LogP contribution is -2.43. The Morgan fingerprint density at radius 3 is 2.47 bits per heavy atom. The van der Waals surface area contributed by atoms with Gasteiger partial charge in [-0.3, -0.25) is 4.79 Å². The maximum Gasteiger partial charge on any atom is 0.298 e. The standard InChI is InChI=1S/C13H21N3O/c1-4-7-8-9-16(13(17)6-3)10-12-11(5-2)14-15-12/h3,11-12H,4-5,7-10H2,1-2H3. The molecule has 0 bridgehead atoms. The Kier molecular flexibility index (Phi) is 5.68. The second kappa shape index (κ2) is 7.05. The van der Waals surface area contributed by atoms with E-state index in [1.165, 1.54) is 0 Å². The molecule has 17 heavy (non-hydrogen) atoms. The average molecular weight is 235 g/mol. The summed E-state index contributed by atoms with van der Waals surface area (Å²) in [6.07, 6.45) is 9.42. The van der Waals surface area contributed by atoms with Crippen molar-refractivity contribution in [3.05, 3.63) is 0 Å². The first-order valence-corrected chi connectivity index (χ1v) is 6.38. The minimum absolute atomic E-state index is 0.152. The third-order valence-corrected chi connectivity index (χ3v) is 3.08. The van der Waals surface area contributed by atoms with Gasteiger partial charge in [0.1, 0.15) is 6.04 Å². The van der Waals surface area contributed by atoms with Crippen LogP contribution in [0.25, 0.3) is 0 Å². The second-order valence-electron chi connectivity index (χ2n) is 4.38. The van der Waals surface area contributed by atoms with Crippen LogP contribution in [0.1, 0.15) is 39.5 Å². The van der Waals surface area contributed by atoms with E-state index in [0.29, 0.717) is 6.54 Å². The van der Waals surface area contributed by atoms with Crippen molar-refractivity contribution in [2.24, 2.45) is 10.2 Å². The Balaban J connectivity index is 2.44. The SMILES string of the molecule is C#CC(=O)N(CCCCC)CC1N=NC1CC. The van der Waals surface area contributed by atoms with Crippen molar-refractivity contribution in [1.82, 2.24) is 4.90 Å². The fraction of sp³-hybridized carbons (Fsp3) is 0.769. The van der Waals surface area contributed by atoms with E-state index >= 15 is 0 Å². The van der Waals surface area contributed by atoms with Crippen molar-refractivity contribution in [1.29, 1.82) is 0 Å². The van der Waals surface area contributed by atoms with Crippen LogP contribution in [0, 0.1) is 12.3 Å². The molecule has 1 rings (SSSR count). The lowest BCUT2D eigenvalue weighted by Gasteiger charge is -2.30. The number of carbonyl (C=O) groups excluding carboxylic acids is 1.